The number of fused-ring (bicyclic) bond motifs is 1. The van der Waals surface area contributed by atoms with Crippen LogP contribution in [0.4, 0.5) is 0 Å². The molecule has 3 heteroatoms. The molecule has 0 amide bonds. The third-order valence-electron chi connectivity index (χ3n) is 1.74. The van der Waals surface area contributed by atoms with E-state index in [0.717, 1.165) is 17.0 Å². The van der Waals surface area contributed by atoms with Gasteiger partial charge < -0.3 is 4.98 Å². The van der Waals surface area contributed by atoms with E-state index < -0.39 is 0 Å². The van der Waals surface area contributed by atoms with Gasteiger partial charge >= 0.3 is 0 Å². The van der Waals surface area contributed by atoms with Gasteiger partial charge in [0, 0.05) is 0 Å². The number of nitrogens with zero attached hydrogens (tertiary/aromatic N) is 1. The summed E-state index contributed by atoms with van der Waals surface area (Å²) in [5, 5.41) is 1.54. The van der Waals surface area contributed by atoms with Crippen LogP contribution in [0.1, 0.15) is 12.2 Å². The summed E-state index contributed by atoms with van der Waals surface area (Å²) in [6.07, 6.45) is 4.67. The van der Waals surface area contributed by atoms with Crippen LogP contribution >= 0.6 is 0 Å². The van der Waals surface area contributed by atoms with Crippen molar-refractivity contribution in [3.63, 3.8) is 0 Å². The maximum Gasteiger partial charge on any atom is 0.258 e. The maximum atomic E-state index is 11.2. The standard InChI is InChI=1S/C8H8N2O/c1-5-9-7-4-2-3-6(7)8(11)10-5/h3-4H,2H2,1H3,(H,9,10,11). The fourth-order valence-electron chi connectivity index (χ4n) is 1.26. The topological polar surface area (TPSA) is 45.8 Å². The molecular formula is C8H8N2O. The quantitative estimate of drug-likeness (QED) is 0.515. The molecule has 1 heterocycles. The molecule has 1 aliphatic carbocycles. The molecule has 0 radical (unpaired) electrons. The highest BCUT2D eigenvalue weighted by atomic mass is 16.1. The summed E-state index contributed by atoms with van der Waals surface area (Å²) < 4.78 is 0. The number of aromatic amines is 1. The van der Waals surface area contributed by atoms with E-state index in [0.29, 0.717) is 5.82 Å². The molecule has 11 heavy (non-hydrogen) atoms. The van der Waals surface area contributed by atoms with Crippen molar-refractivity contribution in [1.29, 1.82) is 0 Å². The molecular weight excluding hydrogens is 140 g/mol. The summed E-state index contributed by atoms with van der Waals surface area (Å²) >= 11 is 0. The Labute approximate surface area is 63.1 Å². The third kappa shape index (κ3) is 0.888. The smallest absolute Gasteiger partial charge is 0.258 e. The Morgan fingerprint density at radius 3 is 3.18 bits per heavy atom. The van der Waals surface area contributed by atoms with Gasteiger partial charge in [-0.25, -0.2) is 4.98 Å². The lowest BCUT2D eigenvalue weighted by Gasteiger charge is -1.88. The number of aromatic nitrogens is 2. The summed E-state index contributed by atoms with van der Waals surface area (Å²) in [6, 6.07) is 0. The predicted octanol–water partition coefficient (Wildman–Crippen LogP) is -0.957. The largest absolute Gasteiger partial charge is 0.310 e. The van der Waals surface area contributed by atoms with E-state index in [1.54, 1.807) is 6.92 Å². The van der Waals surface area contributed by atoms with Crippen LogP contribution in [0.3, 0.4) is 0 Å². The highest BCUT2D eigenvalue weighted by molar-refractivity contribution is 5.43. The van der Waals surface area contributed by atoms with Crippen molar-refractivity contribution in [3.05, 3.63) is 26.7 Å². The van der Waals surface area contributed by atoms with Gasteiger partial charge in [0.2, 0.25) is 0 Å². The summed E-state index contributed by atoms with van der Waals surface area (Å²) in [5.74, 6) is 0.681. The first-order valence-electron chi connectivity index (χ1n) is 3.55. The van der Waals surface area contributed by atoms with Crippen LogP contribution in [-0.4, -0.2) is 9.97 Å². The van der Waals surface area contributed by atoms with Crippen LogP contribution in [0, 0.1) is 6.92 Å². The molecule has 0 saturated heterocycles. The molecule has 0 fully saturated rings. The second-order valence-electron chi connectivity index (χ2n) is 2.59. The molecule has 2 rings (SSSR count). The van der Waals surface area contributed by atoms with E-state index in [4.69, 9.17) is 0 Å². The molecule has 0 aromatic carbocycles. The van der Waals surface area contributed by atoms with E-state index >= 15 is 0 Å². The Morgan fingerprint density at radius 1 is 1.55 bits per heavy atom. The summed E-state index contributed by atoms with van der Waals surface area (Å²) in [6.45, 7) is 1.79. The fraction of sp³-hybridized carbons (Fsp3) is 0.250. The second kappa shape index (κ2) is 2.05. The molecule has 1 N–H and O–H groups in total. The molecule has 0 bridgehead atoms. The van der Waals surface area contributed by atoms with E-state index in [1.807, 2.05) is 12.2 Å². The van der Waals surface area contributed by atoms with Gasteiger partial charge in [-0.05, 0) is 13.3 Å². The molecule has 3 nitrogen and oxygen atoms in total. The molecule has 1 aromatic rings. The van der Waals surface area contributed by atoms with Crippen LogP contribution < -0.4 is 16.1 Å². The number of hydrogen-bond donors (Lipinski definition) is 1. The van der Waals surface area contributed by atoms with Gasteiger partial charge in [0.1, 0.15) is 5.82 Å². The van der Waals surface area contributed by atoms with Crippen molar-refractivity contribution in [2.45, 2.75) is 13.3 Å². The molecule has 1 aliphatic rings. The minimum absolute atomic E-state index is 0.0266. The van der Waals surface area contributed by atoms with Gasteiger partial charge in [0.25, 0.3) is 5.56 Å². The minimum Gasteiger partial charge on any atom is -0.310 e. The van der Waals surface area contributed by atoms with Crippen LogP contribution in [0.25, 0.3) is 12.2 Å². The summed E-state index contributed by atoms with van der Waals surface area (Å²) in [7, 11) is 0. The molecule has 1 aromatic heterocycles. The van der Waals surface area contributed by atoms with Gasteiger partial charge in [0.15, 0.2) is 0 Å². The first-order chi connectivity index (χ1) is 5.27. The monoisotopic (exact) mass is 148 g/mol. The molecule has 0 atom stereocenters. The second-order valence-corrected chi connectivity index (χ2v) is 2.59. The predicted molar refractivity (Wildman–Crippen MR) is 42.4 cm³/mol. The number of rotatable bonds is 0. The SMILES string of the molecule is Cc1nc2c(c(=O)[nH]1)=CCC=2. The van der Waals surface area contributed by atoms with Gasteiger partial charge in [-0.3, -0.25) is 4.79 Å². The summed E-state index contributed by atoms with van der Waals surface area (Å²) in [5.41, 5.74) is -0.0266. The normalized spacial score (nSPS) is 13.5. The first-order valence-corrected chi connectivity index (χ1v) is 3.55. The van der Waals surface area contributed by atoms with Crippen LogP contribution in [0.2, 0.25) is 0 Å². The van der Waals surface area contributed by atoms with Crippen molar-refractivity contribution in [2.75, 3.05) is 0 Å². The minimum atomic E-state index is -0.0266. The highest BCUT2D eigenvalue weighted by Gasteiger charge is 1.98. The Balaban J connectivity index is 3.05. The van der Waals surface area contributed by atoms with Gasteiger partial charge in [-0.1, -0.05) is 12.2 Å². The Kier molecular flexibility index (Phi) is 1.18. The number of aryl methyl sites for hydroxylation is 1. The molecule has 0 unspecified atom stereocenters. The summed E-state index contributed by atoms with van der Waals surface area (Å²) in [4.78, 5) is 18.0. The van der Waals surface area contributed by atoms with Crippen LogP contribution in [-0.2, 0) is 0 Å². The molecule has 0 spiro atoms. The van der Waals surface area contributed by atoms with Crippen molar-refractivity contribution in [3.8, 4) is 0 Å². The average Bonchev–Trinajstić information content (AvgIpc) is 2.34. The van der Waals surface area contributed by atoms with Gasteiger partial charge in [-0.15, -0.1) is 0 Å². The zero-order chi connectivity index (χ0) is 7.84. The van der Waals surface area contributed by atoms with Gasteiger partial charge in [0.05, 0.1) is 10.6 Å². The van der Waals surface area contributed by atoms with Crippen molar-refractivity contribution in [2.24, 2.45) is 0 Å². The number of nitrogens with one attached hydrogen (secondary N) is 1. The first kappa shape index (κ1) is 6.34. The fourth-order valence-corrected chi connectivity index (χ4v) is 1.26. The third-order valence-corrected chi connectivity index (χ3v) is 1.74. The molecule has 0 saturated carbocycles. The van der Waals surface area contributed by atoms with E-state index in [1.165, 1.54) is 0 Å². The van der Waals surface area contributed by atoms with E-state index in [-0.39, 0.29) is 5.56 Å². The zero-order valence-corrected chi connectivity index (χ0v) is 6.22. The Morgan fingerprint density at radius 2 is 2.36 bits per heavy atom. The Hall–Kier alpha value is -1.38. The number of hydrogen-bond acceptors (Lipinski definition) is 2. The number of H-pyrrole nitrogens is 1. The molecule has 0 aliphatic heterocycles. The average molecular weight is 148 g/mol. The van der Waals surface area contributed by atoms with Crippen LogP contribution in [0.5, 0.6) is 0 Å². The lowest BCUT2D eigenvalue weighted by atomic mass is 10.4. The Bertz CT molecular complexity index is 456. The van der Waals surface area contributed by atoms with Crippen LogP contribution in [0.15, 0.2) is 4.79 Å². The van der Waals surface area contributed by atoms with E-state index in [9.17, 15) is 4.79 Å². The van der Waals surface area contributed by atoms with E-state index in [2.05, 4.69) is 9.97 Å². The van der Waals surface area contributed by atoms with Crippen molar-refractivity contribution >= 4 is 12.2 Å². The zero-order valence-electron chi connectivity index (χ0n) is 6.22. The lowest BCUT2D eigenvalue weighted by molar-refractivity contribution is 0.976. The van der Waals surface area contributed by atoms with Gasteiger partial charge in [-0.2, -0.15) is 0 Å². The molecule has 56 valence electrons. The van der Waals surface area contributed by atoms with Crippen molar-refractivity contribution in [1.82, 2.24) is 9.97 Å². The lowest BCUT2D eigenvalue weighted by Crippen LogP contribution is -2.41. The maximum absolute atomic E-state index is 11.2. The highest BCUT2D eigenvalue weighted by Crippen LogP contribution is 1.84. The van der Waals surface area contributed by atoms with Crippen molar-refractivity contribution < 1.29 is 0 Å².